The lowest BCUT2D eigenvalue weighted by Crippen LogP contribution is -2.25. The Kier molecular flexibility index (Phi) is 43.6. The Labute approximate surface area is 331 Å². The van der Waals surface area contributed by atoms with Crippen molar-refractivity contribution in [3.8, 4) is 23.0 Å². The monoisotopic (exact) mass is 753 g/mol. The highest BCUT2D eigenvalue weighted by Crippen LogP contribution is 2.15. The highest BCUT2D eigenvalue weighted by Gasteiger charge is 2.23. The Morgan fingerprint density at radius 2 is 0.648 bits per heavy atom. The van der Waals surface area contributed by atoms with Crippen molar-refractivity contribution < 1.29 is 33.5 Å². The molecule has 306 valence electrons. The van der Waals surface area contributed by atoms with Gasteiger partial charge in [-0.2, -0.15) is 0 Å². The van der Waals surface area contributed by atoms with Gasteiger partial charge in [0.2, 0.25) is 0 Å². The summed E-state index contributed by atoms with van der Waals surface area (Å²) in [5, 5.41) is 9.72. The van der Waals surface area contributed by atoms with Gasteiger partial charge in [-0.3, -0.25) is 0 Å². The van der Waals surface area contributed by atoms with E-state index in [1.54, 1.807) is 0 Å². The Balaban J connectivity index is -0.000000633. The number of hydrogen-bond donors (Lipinski definition) is 1. The summed E-state index contributed by atoms with van der Waals surface area (Å²) in [5.41, 5.74) is 0. The summed E-state index contributed by atoms with van der Waals surface area (Å²) in [6.45, 7) is 28.0. The molecule has 0 spiro atoms. The van der Waals surface area contributed by atoms with E-state index in [0.29, 0.717) is 25.4 Å². The molecule has 4 aromatic carbocycles. The van der Waals surface area contributed by atoms with Crippen LogP contribution in [0.25, 0.3) is 0 Å². The normalized spacial score (nSPS) is 13.2. The minimum atomic E-state index is -0.648. The maximum Gasteiger partial charge on any atom is 0.122 e. The predicted octanol–water partition coefficient (Wildman–Crippen LogP) is 12.4. The molecule has 7 nitrogen and oxygen atoms in total. The smallest absolute Gasteiger partial charge is 0.122 e. The van der Waals surface area contributed by atoms with Gasteiger partial charge in [0.1, 0.15) is 67.7 Å². The van der Waals surface area contributed by atoms with Gasteiger partial charge in [0.05, 0.1) is 13.2 Å². The van der Waals surface area contributed by atoms with Crippen molar-refractivity contribution in [2.45, 2.75) is 114 Å². The van der Waals surface area contributed by atoms with Crippen molar-refractivity contribution in [3.05, 3.63) is 121 Å². The van der Waals surface area contributed by atoms with Crippen LogP contribution in [0, 0.1) is 0 Å². The van der Waals surface area contributed by atoms with Gasteiger partial charge in [-0.15, -0.1) is 0 Å². The zero-order chi connectivity index (χ0) is 41.1. The Hall–Kier alpha value is -4.04. The average molecular weight is 753 g/mol. The average Bonchev–Trinajstić information content (AvgIpc) is 4.20. The van der Waals surface area contributed by atoms with Gasteiger partial charge in [-0.1, -0.05) is 169 Å². The zero-order valence-electron chi connectivity index (χ0n) is 35.8. The summed E-state index contributed by atoms with van der Waals surface area (Å²) in [5.74, 6) is 3.33. The van der Waals surface area contributed by atoms with Crippen LogP contribution in [0.3, 0.4) is 0 Å². The largest absolute Gasteiger partial charge is 0.491 e. The third-order valence-corrected chi connectivity index (χ3v) is 5.53. The van der Waals surface area contributed by atoms with Crippen molar-refractivity contribution in [2.75, 3.05) is 39.6 Å². The molecule has 0 aromatic heterocycles. The molecular weight excluding hydrogens is 677 g/mol. The quantitative estimate of drug-likeness (QED) is 0.144. The lowest BCUT2D eigenvalue weighted by Gasteiger charge is -2.13. The molecule has 0 saturated carbocycles. The van der Waals surface area contributed by atoms with Gasteiger partial charge in [0.25, 0.3) is 0 Å². The predicted molar refractivity (Wildman–Crippen MR) is 231 cm³/mol. The number of benzene rings is 4. The van der Waals surface area contributed by atoms with E-state index < -0.39 is 6.10 Å². The van der Waals surface area contributed by atoms with E-state index in [1.807, 2.05) is 177 Å². The Bertz CT molecular complexity index is 1110. The molecule has 4 aromatic rings. The van der Waals surface area contributed by atoms with E-state index in [9.17, 15) is 5.11 Å². The van der Waals surface area contributed by atoms with Gasteiger partial charge in [0, 0.05) is 0 Å². The van der Waals surface area contributed by atoms with Crippen LogP contribution in [0.1, 0.15) is 95.9 Å². The van der Waals surface area contributed by atoms with Gasteiger partial charge in [-0.25, -0.2) is 0 Å². The highest BCUT2D eigenvalue weighted by atomic mass is 16.6. The van der Waals surface area contributed by atoms with Crippen molar-refractivity contribution in [2.24, 2.45) is 0 Å². The van der Waals surface area contributed by atoms with Gasteiger partial charge < -0.3 is 33.5 Å². The number of ether oxygens (including phenoxy) is 6. The fourth-order valence-electron chi connectivity index (χ4n) is 3.21. The number of aliphatic hydroxyl groups excluding tert-OH is 1. The number of aliphatic hydroxyl groups is 1. The van der Waals surface area contributed by atoms with E-state index in [-0.39, 0.29) is 13.2 Å². The SMILES string of the molecule is CC.CC.CC.CC.CCC.CCC.OC(COc1ccccc1)COc1ccccc1.c1ccc(OCC2CO2)cc1.c1ccc(OCC2CO2)cc1. The third-order valence-electron chi connectivity index (χ3n) is 5.53. The summed E-state index contributed by atoms with van der Waals surface area (Å²) in [6.07, 6.45) is 2.54. The molecule has 2 aliphatic heterocycles. The molecule has 0 radical (unpaired) electrons. The van der Waals surface area contributed by atoms with Gasteiger partial charge in [0.15, 0.2) is 0 Å². The summed E-state index contributed by atoms with van der Waals surface area (Å²) in [4.78, 5) is 0. The molecule has 2 fully saturated rings. The molecule has 7 heteroatoms. The molecule has 0 bridgehead atoms. The van der Waals surface area contributed by atoms with Crippen molar-refractivity contribution >= 4 is 0 Å². The van der Waals surface area contributed by atoms with E-state index >= 15 is 0 Å². The molecular formula is C47H76O7. The lowest BCUT2D eigenvalue weighted by atomic mass is 10.3. The van der Waals surface area contributed by atoms with Crippen molar-refractivity contribution in [3.63, 3.8) is 0 Å². The second-order valence-corrected chi connectivity index (χ2v) is 10.5. The second-order valence-electron chi connectivity index (χ2n) is 10.5. The first-order valence-electron chi connectivity index (χ1n) is 20.2. The van der Waals surface area contributed by atoms with Crippen LogP contribution in [-0.2, 0) is 9.47 Å². The van der Waals surface area contributed by atoms with Crippen molar-refractivity contribution in [1.29, 1.82) is 0 Å². The topological polar surface area (TPSA) is 82.2 Å². The van der Waals surface area contributed by atoms with E-state index in [0.717, 1.165) is 36.2 Å². The second kappa shape index (κ2) is 43.4. The molecule has 2 unspecified atom stereocenters. The standard InChI is InChI=1S/C15H16O3.2C9H10O2.2C3H8.4C2H6/c16-13(11-17-14-7-3-1-4-8-14)12-18-15-9-5-2-6-10-15;2*1-2-4-8(5-3-1)10-6-9-7-11-9;2*1-3-2;4*1-2/h1-10,13,16H,11-12H2;2*1-5,9H,6-7H2;2*3H2,1-2H3;4*1-2H3. The van der Waals surface area contributed by atoms with E-state index in [1.165, 1.54) is 12.8 Å². The lowest BCUT2D eigenvalue weighted by molar-refractivity contribution is 0.0626. The number of epoxide rings is 2. The van der Waals surface area contributed by atoms with Crippen molar-refractivity contribution in [1.82, 2.24) is 0 Å². The number of hydrogen-bond acceptors (Lipinski definition) is 7. The maximum absolute atomic E-state index is 9.72. The summed E-state index contributed by atoms with van der Waals surface area (Å²) < 4.78 is 31.7. The van der Waals surface area contributed by atoms with Crippen LogP contribution < -0.4 is 18.9 Å². The first kappa shape index (κ1) is 54.3. The van der Waals surface area contributed by atoms with Crippen LogP contribution in [0.15, 0.2) is 121 Å². The minimum absolute atomic E-state index is 0.219. The molecule has 2 heterocycles. The van der Waals surface area contributed by atoms with Crippen LogP contribution in [0.4, 0.5) is 0 Å². The molecule has 2 aliphatic rings. The van der Waals surface area contributed by atoms with Crippen LogP contribution in [0.5, 0.6) is 23.0 Å². The fraction of sp³-hybridized carbons (Fsp3) is 0.489. The summed E-state index contributed by atoms with van der Waals surface area (Å²) in [6, 6.07) is 38.4. The van der Waals surface area contributed by atoms with Crippen LogP contribution >= 0.6 is 0 Å². The first-order chi connectivity index (χ1) is 26.6. The molecule has 2 saturated heterocycles. The maximum atomic E-state index is 9.72. The van der Waals surface area contributed by atoms with Gasteiger partial charge >= 0.3 is 0 Å². The summed E-state index contributed by atoms with van der Waals surface area (Å²) >= 11 is 0. The third kappa shape index (κ3) is 36.3. The highest BCUT2D eigenvalue weighted by molar-refractivity contribution is 5.23. The first-order valence-corrected chi connectivity index (χ1v) is 20.2. The molecule has 54 heavy (non-hydrogen) atoms. The minimum Gasteiger partial charge on any atom is -0.491 e. The Morgan fingerprint density at radius 1 is 0.444 bits per heavy atom. The molecule has 2 atom stereocenters. The molecule has 1 N–H and O–H groups in total. The van der Waals surface area contributed by atoms with Crippen LogP contribution in [0.2, 0.25) is 0 Å². The zero-order valence-corrected chi connectivity index (χ0v) is 35.8. The fourth-order valence-corrected chi connectivity index (χ4v) is 3.21. The van der Waals surface area contributed by atoms with Gasteiger partial charge in [-0.05, 0) is 48.5 Å². The molecule has 0 amide bonds. The number of rotatable bonds is 12. The molecule has 6 rings (SSSR count). The Morgan fingerprint density at radius 3 is 0.852 bits per heavy atom. The van der Waals surface area contributed by atoms with E-state index in [4.69, 9.17) is 28.4 Å². The van der Waals surface area contributed by atoms with Crippen LogP contribution in [-0.4, -0.2) is 63.1 Å². The number of para-hydroxylation sites is 4. The van der Waals surface area contributed by atoms with E-state index in [2.05, 4.69) is 27.7 Å². The molecule has 0 aliphatic carbocycles. The summed E-state index contributed by atoms with van der Waals surface area (Å²) in [7, 11) is 0.